The Balaban J connectivity index is 1.76. The zero-order valence-corrected chi connectivity index (χ0v) is 12.2. The molecule has 0 saturated carbocycles. The van der Waals surface area contributed by atoms with E-state index in [0.717, 1.165) is 28.0 Å². The van der Waals surface area contributed by atoms with E-state index in [1.54, 1.807) is 17.7 Å². The molecular formula is C12H15N3O2S2. The molecule has 3 heterocycles. The molecule has 1 unspecified atom stereocenters. The molecule has 0 amide bonds. The summed E-state index contributed by atoms with van der Waals surface area (Å²) in [6.07, 6.45) is 2.29. The van der Waals surface area contributed by atoms with Gasteiger partial charge in [0.2, 0.25) is 0 Å². The highest BCUT2D eigenvalue weighted by molar-refractivity contribution is 7.91. The zero-order valence-electron chi connectivity index (χ0n) is 10.6. The van der Waals surface area contributed by atoms with E-state index in [9.17, 15) is 8.42 Å². The normalized spacial score (nSPS) is 21.8. The lowest BCUT2D eigenvalue weighted by molar-refractivity contribution is 0.596. The van der Waals surface area contributed by atoms with E-state index in [0.29, 0.717) is 12.3 Å². The monoisotopic (exact) mass is 297 g/mol. The van der Waals surface area contributed by atoms with Crippen LogP contribution >= 0.6 is 11.3 Å². The Hall–Kier alpha value is -1.21. The van der Waals surface area contributed by atoms with Crippen molar-refractivity contribution in [2.75, 3.05) is 23.4 Å². The van der Waals surface area contributed by atoms with Crippen LogP contribution < -0.4 is 5.32 Å². The number of aryl methyl sites for hydroxylation is 1. The summed E-state index contributed by atoms with van der Waals surface area (Å²) < 4.78 is 23.9. The predicted molar refractivity (Wildman–Crippen MR) is 77.4 cm³/mol. The molecule has 1 atom stereocenters. The molecule has 0 aliphatic carbocycles. The maximum Gasteiger partial charge on any atom is 0.150 e. The number of rotatable bonds is 3. The second-order valence-corrected chi connectivity index (χ2v) is 8.08. The number of nitrogens with zero attached hydrogens (tertiary/aromatic N) is 2. The smallest absolute Gasteiger partial charge is 0.150 e. The summed E-state index contributed by atoms with van der Waals surface area (Å²) in [6, 6.07) is 0. The number of nitrogens with one attached hydrogen (secondary N) is 1. The number of hydrogen-bond acceptors (Lipinski definition) is 6. The molecule has 19 heavy (non-hydrogen) atoms. The molecular weight excluding hydrogens is 282 g/mol. The first-order chi connectivity index (χ1) is 9.05. The molecule has 7 heteroatoms. The molecule has 1 fully saturated rings. The quantitative estimate of drug-likeness (QED) is 0.936. The second kappa shape index (κ2) is 4.72. The summed E-state index contributed by atoms with van der Waals surface area (Å²) in [4.78, 5) is 8.52. The summed E-state index contributed by atoms with van der Waals surface area (Å²) >= 11 is 1.62. The van der Waals surface area contributed by atoms with Crippen molar-refractivity contribution in [3.05, 3.63) is 17.3 Å². The topological polar surface area (TPSA) is 72.0 Å². The zero-order chi connectivity index (χ0) is 13.5. The van der Waals surface area contributed by atoms with Crippen molar-refractivity contribution >= 4 is 37.2 Å². The van der Waals surface area contributed by atoms with Crippen LogP contribution in [-0.2, 0) is 9.84 Å². The van der Waals surface area contributed by atoms with Crippen LogP contribution in [0.1, 0.15) is 12.0 Å². The van der Waals surface area contributed by atoms with Gasteiger partial charge in [0.05, 0.1) is 21.7 Å². The molecule has 0 bridgehead atoms. The molecule has 0 radical (unpaired) electrons. The lowest BCUT2D eigenvalue weighted by atomic mass is 10.1. The Morgan fingerprint density at radius 2 is 2.32 bits per heavy atom. The number of fused-ring (bicyclic) bond motifs is 1. The van der Waals surface area contributed by atoms with Gasteiger partial charge >= 0.3 is 0 Å². The minimum Gasteiger partial charge on any atom is -0.368 e. The standard InChI is InChI=1S/C12H15N3O2S2/c1-8-5-18-11-10(8)14-7-15-12(11)13-4-9-2-3-19(16,17)6-9/h5,7,9H,2-4,6H2,1H3,(H,13,14,15). The third-order valence-corrected chi connectivity index (χ3v) is 6.35. The average molecular weight is 297 g/mol. The summed E-state index contributed by atoms with van der Waals surface area (Å²) in [5.41, 5.74) is 2.12. The maximum atomic E-state index is 11.4. The minimum atomic E-state index is -2.81. The molecule has 2 aromatic heterocycles. The molecule has 2 aromatic rings. The van der Waals surface area contributed by atoms with Crippen molar-refractivity contribution < 1.29 is 8.42 Å². The number of anilines is 1. The molecule has 1 N–H and O–H groups in total. The number of hydrogen-bond donors (Lipinski definition) is 1. The molecule has 1 aliphatic heterocycles. The van der Waals surface area contributed by atoms with Crippen molar-refractivity contribution in [2.45, 2.75) is 13.3 Å². The largest absolute Gasteiger partial charge is 0.368 e. The number of sulfone groups is 1. The van der Waals surface area contributed by atoms with Crippen LogP contribution in [0.2, 0.25) is 0 Å². The SMILES string of the molecule is Cc1csc2c(NCC3CCS(=O)(=O)C3)ncnc12. The van der Waals surface area contributed by atoms with Crippen LogP contribution in [0.3, 0.4) is 0 Å². The van der Waals surface area contributed by atoms with Crippen LogP contribution in [0, 0.1) is 12.8 Å². The first-order valence-corrected chi connectivity index (χ1v) is 8.88. The van der Waals surface area contributed by atoms with Crippen LogP contribution in [-0.4, -0.2) is 36.4 Å². The molecule has 5 nitrogen and oxygen atoms in total. The molecule has 102 valence electrons. The fraction of sp³-hybridized carbons (Fsp3) is 0.500. The Bertz CT molecular complexity index is 709. The third kappa shape index (κ3) is 2.57. The highest BCUT2D eigenvalue weighted by atomic mass is 32.2. The summed E-state index contributed by atoms with van der Waals surface area (Å²) in [6.45, 7) is 2.68. The lowest BCUT2D eigenvalue weighted by Gasteiger charge is -2.10. The van der Waals surface area contributed by atoms with E-state index in [2.05, 4.69) is 20.7 Å². The summed E-state index contributed by atoms with van der Waals surface area (Å²) in [5, 5.41) is 5.34. The van der Waals surface area contributed by atoms with Crippen LogP contribution in [0.25, 0.3) is 10.2 Å². The van der Waals surface area contributed by atoms with E-state index in [1.165, 1.54) is 0 Å². The van der Waals surface area contributed by atoms with Gasteiger partial charge in [0.15, 0.2) is 9.84 Å². The van der Waals surface area contributed by atoms with Gasteiger partial charge in [0.1, 0.15) is 12.1 Å². The van der Waals surface area contributed by atoms with Crippen LogP contribution in [0.4, 0.5) is 5.82 Å². The van der Waals surface area contributed by atoms with Gasteiger partial charge in [0, 0.05) is 6.54 Å². The maximum absolute atomic E-state index is 11.4. The fourth-order valence-electron chi connectivity index (χ4n) is 2.37. The highest BCUT2D eigenvalue weighted by Gasteiger charge is 2.27. The van der Waals surface area contributed by atoms with Gasteiger partial charge in [-0.1, -0.05) is 0 Å². The van der Waals surface area contributed by atoms with Gasteiger partial charge in [-0.15, -0.1) is 11.3 Å². The highest BCUT2D eigenvalue weighted by Crippen LogP contribution is 2.29. The van der Waals surface area contributed by atoms with Gasteiger partial charge in [-0.2, -0.15) is 0 Å². The molecule has 1 aliphatic rings. The van der Waals surface area contributed by atoms with Crippen molar-refractivity contribution in [3.8, 4) is 0 Å². The van der Waals surface area contributed by atoms with E-state index in [4.69, 9.17) is 0 Å². The Morgan fingerprint density at radius 1 is 1.47 bits per heavy atom. The third-order valence-electron chi connectivity index (χ3n) is 3.42. The minimum absolute atomic E-state index is 0.191. The Kier molecular flexibility index (Phi) is 3.18. The van der Waals surface area contributed by atoms with E-state index < -0.39 is 9.84 Å². The van der Waals surface area contributed by atoms with E-state index >= 15 is 0 Å². The van der Waals surface area contributed by atoms with Crippen LogP contribution in [0.15, 0.2) is 11.7 Å². The van der Waals surface area contributed by atoms with Crippen molar-refractivity contribution in [1.29, 1.82) is 0 Å². The Morgan fingerprint density at radius 3 is 3.05 bits per heavy atom. The summed E-state index contributed by atoms with van der Waals surface area (Å²) in [7, 11) is -2.81. The van der Waals surface area contributed by atoms with Crippen molar-refractivity contribution in [3.63, 3.8) is 0 Å². The first kappa shape index (κ1) is 12.8. The first-order valence-electron chi connectivity index (χ1n) is 6.18. The second-order valence-electron chi connectivity index (χ2n) is 4.97. The molecule has 1 saturated heterocycles. The molecule has 0 spiro atoms. The van der Waals surface area contributed by atoms with Gasteiger partial charge in [-0.25, -0.2) is 18.4 Å². The average Bonchev–Trinajstić information content (AvgIpc) is 2.91. The lowest BCUT2D eigenvalue weighted by Crippen LogP contribution is -2.16. The van der Waals surface area contributed by atoms with Crippen molar-refractivity contribution in [2.24, 2.45) is 5.92 Å². The van der Waals surface area contributed by atoms with Gasteiger partial charge in [0.25, 0.3) is 0 Å². The van der Waals surface area contributed by atoms with Crippen molar-refractivity contribution in [1.82, 2.24) is 9.97 Å². The Labute approximate surface area is 116 Å². The fourth-order valence-corrected chi connectivity index (χ4v) is 5.20. The van der Waals surface area contributed by atoms with Gasteiger partial charge in [-0.05, 0) is 30.2 Å². The predicted octanol–water partition coefficient (Wildman–Crippen LogP) is 1.85. The molecule has 0 aromatic carbocycles. The number of thiophene rings is 1. The van der Waals surface area contributed by atoms with Crippen LogP contribution in [0.5, 0.6) is 0 Å². The summed E-state index contributed by atoms with van der Waals surface area (Å²) in [5.74, 6) is 1.61. The number of aromatic nitrogens is 2. The van der Waals surface area contributed by atoms with Gasteiger partial charge < -0.3 is 5.32 Å². The van der Waals surface area contributed by atoms with E-state index in [-0.39, 0.29) is 11.7 Å². The molecule has 3 rings (SSSR count). The van der Waals surface area contributed by atoms with Gasteiger partial charge in [-0.3, -0.25) is 0 Å². The van der Waals surface area contributed by atoms with E-state index in [1.807, 2.05) is 6.92 Å².